The first-order valence-corrected chi connectivity index (χ1v) is 13.1. The van der Waals surface area contributed by atoms with Gasteiger partial charge in [0, 0.05) is 25.7 Å². The number of ether oxygens (including phenoxy) is 4. The maximum Gasteiger partial charge on any atom is 0.333 e. The lowest BCUT2D eigenvalue weighted by atomic mass is 9.82. The van der Waals surface area contributed by atoms with Gasteiger partial charge in [0.1, 0.15) is 6.10 Å². The van der Waals surface area contributed by atoms with E-state index in [1.165, 1.54) is 6.26 Å². The Balaban J connectivity index is 1.73. The first-order valence-electron chi connectivity index (χ1n) is 13.1. The average Bonchev–Trinajstić information content (AvgIpc) is 3.43. The summed E-state index contributed by atoms with van der Waals surface area (Å²) < 4.78 is 52.6. The summed E-state index contributed by atoms with van der Waals surface area (Å²) in [7, 11) is 0. The average molecular weight is 515 g/mol. The summed E-state index contributed by atoms with van der Waals surface area (Å²) in [4.78, 5) is 0. The number of hydrogen-bond donors (Lipinski definition) is 3. The van der Waals surface area contributed by atoms with Gasteiger partial charge in [-0.05, 0) is 49.2 Å². The molecule has 204 valence electrons. The predicted molar refractivity (Wildman–Crippen MR) is 129 cm³/mol. The lowest BCUT2D eigenvalue weighted by Gasteiger charge is -2.33. The van der Waals surface area contributed by atoms with Gasteiger partial charge in [-0.3, -0.25) is 0 Å². The molecule has 2 heterocycles. The Morgan fingerprint density at radius 3 is 2.61 bits per heavy atom. The molecule has 0 bridgehead atoms. The second-order valence-electron chi connectivity index (χ2n) is 9.78. The maximum absolute atomic E-state index is 14.5. The topological polar surface area (TPSA) is 97.6 Å². The molecule has 2 aliphatic heterocycles. The van der Waals surface area contributed by atoms with Crippen molar-refractivity contribution in [2.75, 3.05) is 19.8 Å². The predicted octanol–water partition coefficient (Wildman–Crippen LogP) is 3.67. The van der Waals surface area contributed by atoms with Crippen LogP contribution in [0, 0.1) is 23.7 Å². The monoisotopic (exact) mass is 514 g/mol. The van der Waals surface area contributed by atoms with E-state index in [0.717, 1.165) is 25.7 Å². The number of aliphatic hydroxyl groups is 3. The molecule has 6 atom stereocenters. The Morgan fingerprint density at radius 1 is 1.17 bits per heavy atom. The highest BCUT2D eigenvalue weighted by atomic mass is 19.3. The van der Waals surface area contributed by atoms with Crippen LogP contribution in [0.4, 0.5) is 8.78 Å². The summed E-state index contributed by atoms with van der Waals surface area (Å²) in [5.74, 6) is -1.37. The molecule has 1 saturated carbocycles. The van der Waals surface area contributed by atoms with E-state index in [2.05, 4.69) is 12.8 Å². The van der Waals surface area contributed by atoms with Crippen molar-refractivity contribution < 1.29 is 43.0 Å². The van der Waals surface area contributed by atoms with Gasteiger partial charge in [-0.25, -0.2) is 0 Å². The number of halogens is 2. The van der Waals surface area contributed by atoms with E-state index in [4.69, 9.17) is 24.1 Å². The van der Waals surface area contributed by atoms with Crippen molar-refractivity contribution in [3.05, 3.63) is 24.5 Å². The summed E-state index contributed by atoms with van der Waals surface area (Å²) in [6, 6.07) is 0. The molecule has 2 unspecified atom stereocenters. The molecule has 0 aromatic heterocycles. The van der Waals surface area contributed by atoms with Crippen LogP contribution < -0.4 is 0 Å². The van der Waals surface area contributed by atoms with Crippen molar-refractivity contribution in [1.82, 2.24) is 0 Å². The van der Waals surface area contributed by atoms with Gasteiger partial charge in [0.25, 0.3) is 0 Å². The minimum atomic E-state index is -3.66. The van der Waals surface area contributed by atoms with Crippen LogP contribution >= 0.6 is 0 Å². The number of allylic oxidation sites excluding steroid dienone is 2. The van der Waals surface area contributed by atoms with Crippen molar-refractivity contribution in [1.29, 1.82) is 0 Å². The first kappa shape index (κ1) is 29.0. The lowest BCUT2D eigenvalue weighted by molar-refractivity contribution is -0.176. The standard InChI is InChI=1S/C27H40F2O7/c1-2-3-5-11-26(34-16-17-35-26)13-10-20-21(18-24(32)27(28,29)12-6-7-14-30)22(31)19-23(20)36-25-9-4-8-15-33-25/h4,8-9,15,20-25,30-32H,2-3,5,7,10-11,13-14,16-19H2,1H3/t20-,21-,22+,23?,24?,25-/m1/s1. The van der Waals surface area contributed by atoms with Crippen molar-refractivity contribution in [2.45, 2.75) is 101 Å². The molecule has 3 rings (SSSR count). The van der Waals surface area contributed by atoms with Gasteiger partial charge in [-0.2, -0.15) is 8.78 Å². The van der Waals surface area contributed by atoms with Gasteiger partial charge in [-0.1, -0.05) is 31.8 Å². The van der Waals surface area contributed by atoms with E-state index >= 15 is 0 Å². The minimum absolute atomic E-state index is 0.101. The van der Waals surface area contributed by atoms with E-state index in [1.54, 1.807) is 24.1 Å². The zero-order valence-corrected chi connectivity index (χ0v) is 21.0. The largest absolute Gasteiger partial charge is 0.469 e. The highest BCUT2D eigenvalue weighted by Crippen LogP contribution is 2.44. The Bertz CT molecular complexity index is 785. The zero-order valence-electron chi connectivity index (χ0n) is 21.0. The molecule has 3 aliphatic rings. The van der Waals surface area contributed by atoms with Crippen molar-refractivity contribution >= 4 is 0 Å². The number of rotatable bonds is 13. The molecule has 1 saturated heterocycles. The van der Waals surface area contributed by atoms with Gasteiger partial charge in [0.2, 0.25) is 6.29 Å². The first-order chi connectivity index (χ1) is 17.3. The third-order valence-corrected chi connectivity index (χ3v) is 7.21. The van der Waals surface area contributed by atoms with Crippen molar-refractivity contribution in [2.24, 2.45) is 11.8 Å². The number of alkyl halides is 2. The molecule has 0 amide bonds. The third kappa shape index (κ3) is 7.98. The number of unbranched alkanes of at least 4 members (excludes halogenated alkanes) is 2. The Hall–Kier alpha value is -1.54. The summed E-state index contributed by atoms with van der Waals surface area (Å²) in [6.07, 6.45) is 7.38. The van der Waals surface area contributed by atoms with Gasteiger partial charge in [-0.15, -0.1) is 0 Å². The molecule has 1 aliphatic carbocycles. The quantitative estimate of drug-likeness (QED) is 0.255. The van der Waals surface area contributed by atoms with Crippen LogP contribution in [0.3, 0.4) is 0 Å². The fraction of sp³-hybridized carbons (Fsp3) is 0.778. The van der Waals surface area contributed by atoms with E-state index in [1.807, 2.05) is 0 Å². The summed E-state index contributed by atoms with van der Waals surface area (Å²) in [6.45, 7) is 2.81. The van der Waals surface area contributed by atoms with Crippen molar-refractivity contribution in [3.8, 4) is 11.8 Å². The molecular weight excluding hydrogens is 474 g/mol. The summed E-state index contributed by atoms with van der Waals surface area (Å²) in [5, 5.41) is 30.1. The van der Waals surface area contributed by atoms with Crippen LogP contribution in [0.15, 0.2) is 24.5 Å². The molecule has 36 heavy (non-hydrogen) atoms. The smallest absolute Gasteiger partial charge is 0.333 e. The SMILES string of the molecule is CCCCCC1(CC[C@H]2C(O[C@@H]3C=CC=CO3)C[C@H](O)[C@@H]2CC(O)C(F)(F)C#CCCO)OCCO1. The van der Waals surface area contributed by atoms with Crippen LogP contribution in [0.5, 0.6) is 0 Å². The minimum Gasteiger partial charge on any atom is -0.469 e. The molecular formula is C27H40F2O7. The van der Waals surface area contributed by atoms with Crippen LogP contribution in [0.1, 0.15) is 64.7 Å². The molecule has 2 fully saturated rings. The molecule has 0 spiro atoms. The van der Waals surface area contributed by atoms with E-state index in [-0.39, 0.29) is 31.8 Å². The molecule has 0 radical (unpaired) electrons. The van der Waals surface area contributed by atoms with E-state index < -0.39 is 42.2 Å². The second kappa shape index (κ2) is 13.8. The van der Waals surface area contributed by atoms with E-state index in [9.17, 15) is 19.0 Å². The fourth-order valence-electron chi connectivity index (χ4n) is 5.32. The van der Waals surface area contributed by atoms with Gasteiger partial charge in [0.15, 0.2) is 5.79 Å². The van der Waals surface area contributed by atoms with Crippen molar-refractivity contribution in [3.63, 3.8) is 0 Å². The molecule has 0 aromatic rings. The van der Waals surface area contributed by atoms with Gasteiger partial charge < -0.3 is 34.3 Å². The summed E-state index contributed by atoms with van der Waals surface area (Å²) >= 11 is 0. The highest BCUT2D eigenvalue weighted by molar-refractivity contribution is 5.13. The highest BCUT2D eigenvalue weighted by Gasteiger charge is 2.49. The van der Waals surface area contributed by atoms with Gasteiger partial charge >= 0.3 is 5.92 Å². The lowest BCUT2D eigenvalue weighted by Crippen LogP contribution is -2.38. The number of aliphatic hydroxyl groups excluding tert-OH is 3. The zero-order chi connectivity index (χ0) is 26.0. The molecule has 3 N–H and O–H groups in total. The molecule has 7 nitrogen and oxygen atoms in total. The third-order valence-electron chi connectivity index (χ3n) is 7.21. The Morgan fingerprint density at radius 2 is 1.94 bits per heavy atom. The fourth-order valence-corrected chi connectivity index (χ4v) is 5.32. The number of hydrogen-bond acceptors (Lipinski definition) is 7. The van der Waals surface area contributed by atoms with Crippen LogP contribution in [-0.4, -0.2) is 71.5 Å². The van der Waals surface area contributed by atoms with Crippen LogP contribution in [0.2, 0.25) is 0 Å². The van der Waals surface area contributed by atoms with Crippen LogP contribution in [0.25, 0.3) is 0 Å². The molecule has 0 aromatic carbocycles. The summed E-state index contributed by atoms with van der Waals surface area (Å²) in [5.41, 5.74) is 0. The van der Waals surface area contributed by atoms with E-state index in [0.29, 0.717) is 26.1 Å². The Kier molecular flexibility index (Phi) is 11.2. The maximum atomic E-state index is 14.5. The normalized spacial score (nSPS) is 30.1. The second-order valence-corrected chi connectivity index (χ2v) is 9.78. The van der Waals surface area contributed by atoms with Crippen LogP contribution in [-0.2, 0) is 18.9 Å². The molecule has 9 heteroatoms. The van der Waals surface area contributed by atoms with Gasteiger partial charge in [0.05, 0.1) is 38.3 Å². The Labute approximate surface area is 212 Å².